The number of sulfonamides is 1. The van der Waals surface area contributed by atoms with Gasteiger partial charge in [0, 0.05) is 6.54 Å². The molecule has 112 valence electrons. The fraction of sp³-hybridized carbons (Fsp3) is 0.200. The van der Waals surface area contributed by atoms with E-state index < -0.39 is 10.0 Å². The average molecular weight is 306 g/mol. The quantitative estimate of drug-likeness (QED) is 0.829. The number of anilines is 1. The summed E-state index contributed by atoms with van der Waals surface area (Å²) >= 11 is 0. The van der Waals surface area contributed by atoms with E-state index in [0.717, 1.165) is 11.1 Å². The number of benzene rings is 2. The summed E-state index contributed by atoms with van der Waals surface area (Å²) < 4.78 is 32.0. The average Bonchev–Trinajstić information content (AvgIpc) is 2.45. The fourth-order valence-electron chi connectivity index (χ4n) is 1.96. The lowest BCUT2D eigenvalue weighted by atomic mass is 10.1. The second-order valence-electron chi connectivity index (χ2n) is 4.72. The highest BCUT2D eigenvalue weighted by Gasteiger charge is 2.15. The highest BCUT2D eigenvalue weighted by atomic mass is 32.2. The van der Waals surface area contributed by atoms with Gasteiger partial charge in [0.05, 0.1) is 17.7 Å². The highest BCUT2D eigenvalue weighted by Crippen LogP contribution is 2.24. The maximum Gasteiger partial charge on any atom is 0.240 e. The molecule has 0 amide bonds. The van der Waals surface area contributed by atoms with E-state index in [0.29, 0.717) is 5.75 Å². The lowest BCUT2D eigenvalue weighted by Gasteiger charge is -2.10. The monoisotopic (exact) mass is 306 g/mol. The molecular formula is C15H18N2O3S. The second kappa shape index (κ2) is 6.15. The summed E-state index contributed by atoms with van der Waals surface area (Å²) in [6.45, 7) is 2.19. The normalized spacial score (nSPS) is 11.3. The second-order valence-corrected chi connectivity index (χ2v) is 6.48. The first kappa shape index (κ1) is 15.3. The Kier molecular flexibility index (Phi) is 4.50. The zero-order valence-corrected chi connectivity index (χ0v) is 12.8. The molecule has 3 N–H and O–H groups in total. The van der Waals surface area contributed by atoms with Crippen LogP contribution in [-0.4, -0.2) is 15.5 Å². The van der Waals surface area contributed by atoms with Crippen molar-refractivity contribution in [1.82, 2.24) is 4.72 Å². The van der Waals surface area contributed by atoms with E-state index in [4.69, 9.17) is 10.5 Å². The minimum atomic E-state index is -3.60. The predicted molar refractivity (Wildman–Crippen MR) is 82.6 cm³/mol. The number of rotatable bonds is 5. The van der Waals surface area contributed by atoms with Crippen LogP contribution in [0.3, 0.4) is 0 Å². The van der Waals surface area contributed by atoms with Crippen molar-refractivity contribution in [3.63, 3.8) is 0 Å². The van der Waals surface area contributed by atoms with Crippen LogP contribution in [0.4, 0.5) is 5.69 Å². The van der Waals surface area contributed by atoms with Crippen LogP contribution in [0.25, 0.3) is 0 Å². The molecule has 0 saturated carbocycles. The highest BCUT2D eigenvalue weighted by molar-refractivity contribution is 7.89. The molecule has 0 unspecified atom stereocenters. The third kappa shape index (κ3) is 3.74. The van der Waals surface area contributed by atoms with Crippen LogP contribution < -0.4 is 15.2 Å². The first-order chi connectivity index (χ1) is 9.92. The number of hydrogen-bond acceptors (Lipinski definition) is 4. The lowest BCUT2D eigenvalue weighted by molar-refractivity contribution is 0.416. The molecule has 0 heterocycles. The van der Waals surface area contributed by atoms with Crippen molar-refractivity contribution >= 4 is 15.7 Å². The predicted octanol–water partition coefficient (Wildman–Crippen LogP) is 2.06. The maximum atomic E-state index is 12.2. The van der Waals surface area contributed by atoms with Gasteiger partial charge in [-0.1, -0.05) is 29.8 Å². The summed E-state index contributed by atoms with van der Waals surface area (Å²) in [5.41, 5.74) is 8.01. The van der Waals surface area contributed by atoms with Gasteiger partial charge in [-0.05, 0) is 30.7 Å². The Morgan fingerprint density at radius 3 is 2.57 bits per heavy atom. The summed E-state index contributed by atoms with van der Waals surface area (Å²) in [6.07, 6.45) is 0. The van der Waals surface area contributed by atoms with Crippen molar-refractivity contribution in [3.05, 3.63) is 53.6 Å². The van der Waals surface area contributed by atoms with Crippen molar-refractivity contribution in [2.75, 3.05) is 12.8 Å². The minimum absolute atomic E-state index is 0.119. The minimum Gasteiger partial charge on any atom is -0.495 e. The third-order valence-electron chi connectivity index (χ3n) is 3.06. The molecule has 21 heavy (non-hydrogen) atoms. The van der Waals surface area contributed by atoms with Gasteiger partial charge in [-0.2, -0.15) is 0 Å². The Morgan fingerprint density at radius 2 is 1.95 bits per heavy atom. The molecule has 0 aliphatic rings. The summed E-state index contributed by atoms with van der Waals surface area (Å²) in [5, 5.41) is 0. The first-order valence-electron chi connectivity index (χ1n) is 6.41. The topological polar surface area (TPSA) is 81.4 Å². The van der Waals surface area contributed by atoms with Crippen molar-refractivity contribution in [3.8, 4) is 5.75 Å². The standard InChI is InChI=1S/C15H18N2O3S/c1-11-4-3-5-12(8-11)10-17-21(18,19)13-6-7-15(20-2)14(16)9-13/h3-9,17H,10,16H2,1-2H3. The zero-order chi connectivity index (χ0) is 15.5. The Labute approximate surface area is 124 Å². The van der Waals surface area contributed by atoms with Crippen LogP contribution >= 0.6 is 0 Å². The van der Waals surface area contributed by atoms with E-state index in [2.05, 4.69) is 4.72 Å². The molecule has 2 aromatic rings. The van der Waals surface area contributed by atoms with E-state index >= 15 is 0 Å². The van der Waals surface area contributed by atoms with Crippen molar-refractivity contribution in [2.24, 2.45) is 0 Å². The van der Waals surface area contributed by atoms with Gasteiger partial charge in [0.25, 0.3) is 0 Å². The van der Waals surface area contributed by atoms with Gasteiger partial charge >= 0.3 is 0 Å². The molecule has 0 atom stereocenters. The van der Waals surface area contributed by atoms with Crippen LogP contribution in [0.2, 0.25) is 0 Å². The molecule has 6 heteroatoms. The van der Waals surface area contributed by atoms with Crippen LogP contribution in [-0.2, 0) is 16.6 Å². The molecule has 5 nitrogen and oxygen atoms in total. The smallest absolute Gasteiger partial charge is 0.240 e. The van der Waals surface area contributed by atoms with E-state index in [1.165, 1.54) is 25.3 Å². The molecule has 0 spiro atoms. The van der Waals surface area contributed by atoms with Gasteiger partial charge in [-0.25, -0.2) is 13.1 Å². The Balaban J connectivity index is 2.17. The molecule has 0 fully saturated rings. The van der Waals surface area contributed by atoms with Crippen molar-refractivity contribution in [2.45, 2.75) is 18.4 Å². The number of aryl methyl sites for hydroxylation is 1. The number of ether oxygens (including phenoxy) is 1. The number of hydrogen-bond donors (Lipinski definition) is 2. The fourth-order valence-corrected chi connectivity index (χ4v) is 3.02. The molecule has 0 bridgehead atoms. The van der Waals surface area contributed by atoms with Gasteiger partial charge < -0.3 is 10.5 Å². The zero-order valence-electron chi connectivity index (χ0n) is 12.0. The first-order valence-corrected chi connectivity index (χ1v) is 7.89. The van der Waals surface area contributed by atoms with E-state index in [9.17, 15) is 8.42 Å². The third-order valence-corrected chi connectivity index (χ3v) is 4.46. The maximum absolute atomic E-state index is 12.2. The van der Waals surface area contributed by atoms with E-state index in [1.807, 2.05) is 31.2 Å². The summed E-state index contributed by atoms with van der Waals surface area (Å²) in [7, 11) is -2.12. The van der Waals surface area contributed by atoms with Crippen LogP contribution in [0.1, 0.15) is 11.1 Å². The molecule has 0 radical (unpaired) electrons. The Morgan fingerprint density at radius 1 is 1.19 bits per heavy atom. The van der Waals surface area contributed by atoms with Crippen LogP contribution in [0.5, 0.6) is 5.75 Å². The summed E-state index contributed by atoms with van der Waals surface area (Å²) in [5.74, 6) is 0.452. The summed E-state index contributed by atoms with van der Waals surface area (Å²) in [4.78, 5) is 0.119. The van der Waals surface area contributed by atoms with Gasteiger partial charge in [0.1, 0.15) is 5.75 Å². The van der Waals surface area contributed by atoms with Gasteiger partial charge in [-0.15, -0.1) is 0 Å². The van der Waals surface area contributed by atoms with Gasteiger partial charge in [0.15, 0.2) is 0 Å². The van der Waals surface area contributed by atoms with Gasteiger partial charge in [-0.3, -0.25) is 0 Å². The largest absolute Gasteiger partial charge is 0.495 e. The lowest BCUT2D eigenvalue weighted by Crippen LogP contribution is -2.23. The molecule has 0 aliphatic carbocycles. The molecule has 0 aliphatic heterocycles. The Hall–Kier alpha value is -2.05. The number of nitrogen functional groups attached to an aromatic ring is 1. The summed E-state index contributed by atoms with van der Waals surface area (Å²) in [6, 6.07) is 12.1. The molecular weight excluding hydrogens is 288 g/mol. The van der Waals surface area contributed by atoms with E-state index in [-0.39, 0.29) is 17.1 Å². The Bertz CT molecular complexity index is 742. The van der Waals surface area contributed by atoms with Crippen LogP contribution in [0, 0.1) is 6.92 Å². The molecule has 0 aromatic heterocycles. The molecule has 0 saturated heterocycles. The number of nitrogens with two attached hydrogens (primary N) is 1. The number of nitrogens with one attached hydrogen (secondary N) is 1. The van der Waals surface area contributed by atoms with Crippen molar-refractivity contribution < 1.29 is 13.2 Å². The molecule has 2 rings (SSSR count). The van der Waals surface area contributed by atoms with Crippen molar-refractivity contribution in [1.29, 1.82) is 0 Å². The van der Waals surface area contributed by atoms with Crippen LogP contribution in [0.15, 0.2) is 47.4 Å². The molecule has 2 aromatic carbocycles. The number of methoxy groups -OCH3 is 1. The van der Waals surface area contributed by atoms with E-state index in [1.54, 1.807) is 0 Å². The van der Waals surface area contributed by atoms with Gasteiger partial charge in [0.2, 0.25) is 10.0 Å². The SMILES string of the molecule is COc1ccc(S(=O)(=O)NCc2cccc(C)c2)cc1N.